The molecule has 4 heterocycles. The van der Waals surface area contributed by atoms with E-state index in [1.54, 1.807) is 16.4 Å². The number of ether oxygens (including phenoxy) is 3. The number of nitrogens with zero attached hydrogens (tertiary/aromatic N) is 4. The first kappa shape index (κ1) is 17.0. The minimum Gasteiger partial charge on any atom is -0.394 e. The van der Waals surface area contributed by atoms with Gasteiger partial charge in [-0.05, 0) is 20.1 Å². The smallest absolute Gasteiger partial charge is 0.181 e. The maximum atomic E-state index is 9.66. The lowest BCUT2D eigenvalue weighted by Gasteiger charge is -2.23. The monoisotopic (exact) mass is 367 g/mol. The minimum atomic E-state index is -0.746. The Labute approximate surface area is 148 Å². The Hall–Kier alpha value is -1.46. The lowest BCUT2D eigenvalue weighted by molar-refractivity contribution is -0.201. The molecule has 0 bridgehead atoms. The fourth-order valence-electron chi connectivity index (χ4n) is 3.49. The second-order valence-corrected chi connectivity index (χ2v) is 7.46. The first-order valence-corrected chi connectivity index (χ1v) is 9.43. The molecule has 2 aliphatic heterocycles. The number of hydrogen-bond donors (Lipinski definition) is 2. The molecular weight excluding hydrogens is 346 g/mol. The Kier molecular flexibility index (Phi) is 4.12. The van der Waals surface area contributed by atoms with Crippen LogP contribution in [0, 0.1) is 0 Å². The predicted molar refractivity (Wildman–Crippen MR) is 91.8 cm³/mol. The van der Waals surface area contributed by atoms with E-state index in [0.29, 0.717) is 17.2 Å². The van der Waals surface area contributed by atoms with Crippen molar-refractivity contribution < 1.29 is 19.3 Å². The fraction of sp³-hybridized carbons (Fsp3) is 0.667. The Morgan fingerprint density at radius 2 is 2.08 bits per heavy atom. The molecule has 2 fully saturated rings. The Bertz CT molecular complexity index is 798. The largest absolute Gasteiger partial charge is 0.394 e. The Morgan fingerprint density at radius 3 is 2.80 bits per heavy atom. The lowest BCUT2D eigenvalue weighted by Crippen LogP contribution is -2.31. The molecule has 25 heavy (non-hydrogen) atoms. The van der Waals surface area contributed by atoms with Crippen LogP contribution in [0.3, 0.4) is 0 Å². The van der Waals surface area contributed by atoms with Crippen LogP contribution in [0.25, 0.3) is 11.0 Å². The van der Waals surface area contributed by atoms with E-state index < -0.39 is 24.2 Å². The van der Waals surface area contributed by atoms with Crippen LogP contribution in [-0.2, 0) is 20.0 Å². The van der Waals surface area contributed by atoms with Gasteiger partial charge in [0.25, 0.3) is 0 Å². The molecule has 2 saturated heterocycles. The van der Waals surface area contributed by atoms with E-state index in [2.05, 4.69) is 15.1 Å². The Morgan fingerprint density at radius 1 is 1.32 bits per heavy atom. The van der Waals surface area contributed by atoms with Gasteiger partial charge in [0.2, 0.25) is 0 Å². The van der Waals surface area contributed by atoms with Crippen molar-refractivity contribution in [1.82, 2.24) is 19.7 Å². The number of anilines is 1. The Balaban J connectivity index is 1.80. The zero-order chi connectivity index (χ0) is 17.8. The van der Waals surface area contributed by atoms with Gasteiger partial charge in [0.1, 0.15) is 30.5 Å². The van der Waals surface area contributed by atoms with Gasteiger partial charge in [-0.25, -0.2) is 14.6 Å². The summed E-state index contributed by atoms with van der Waals surface area (Å²) >= 11 is 1.63. The maximum absolute atomic E-state index is 9.66. The number of nitrogens with two attached hydrogens (primary N) is 1. The molecule has 0 saturated carbocycles. The first-order valence-electron chi connectivity index (χ1n) is 8.03. The van der Waals surface area contributed by atoms with Crippen molar-refractivity contribution >= 4 is 28.6 Å². The van der Waals surface area contributed by atoms with Gasteiger partial charge < -0.3 is 25.1 Å². The molecule has 2 aliphatic rings. The minimum absolute atomic E-state index is 0.162. The number of fused-ring (bicyclic) bond motifs is 2. The first-order chi connectivity index (χ1) is 11.9. The van der Waals surface area contributed by atoms with Crippen molar-refractivity contribution in [3.8, 4) is 0 Å². The number of thioether (sulfide) groups is 1. The molecule has 4 atom stereocenters. The van der Waals surface area contributed by atoms with Gasteiger partial charge in [-0.1, -0.05) is 0 Å². The molecule has 136 valence electrons. The molecule has 4 rings (SSSR count). The second kappa shape index (κ2) is 6.06. The molecule has 0 aromatic carbocycles. The average molecular weight is 367 g/mol. The van der Waals surface area contributed by atoms with Crippen LogP contribution in [0.2, 0.25) is 0 Å². The normalized spacial score (nSPS) is 30.9. The van der Waals surface area contributed by atoms with Crippen molar-refractivity contribution in [3.05, 3.63) is 12.0 Å². The molecule has 0 amide bonds. The topological polar surface area (TPSA) is 118 Å². The van der Waals surface area contributed by atoms with Crippen molar-refractivity contribution in [3.63, 3.8) is 0 Å². The maximum Gasteiger partial charge on any atom is 0.181 e. The third kappa shape index (κ3) is 2.68. The molecule has 2 aromatic rings. The molecular formula is C15H21N5O4S. The van der Waals surface area contributed by atoms with Crippen LogP contribution in [-0.4, -0.2) is 61.8 Å². The van der Waals surface area contributed by atoms with Crippen LogP contribution in [0.15, 0.2) is 6.33 Å². The summed E-state index contributed by atoms with van der Waals surface area (Å²) < 4.78 is 19.6. The molecule has 0 radical (unpaired) electrons. The molecule has 0 unspecified atom stereocenters. The van der Waals surface area contributed by atoms with E-state index in [4.69, 9.17) is 19.9 Å². The molecule has 9 nitrogen and oxygen atoms in total. The van der Waals surface area contributed by atoms with Crippen LogP contribution in [0.4, 0.5) is 5.82 Å². The van der Waals surface area contributed by atoms with Crippen molar-refractivity contribution in [2.45, 2.75) is 49.9 Å². The number of nitrogen functional groups attached to an aromatic ring is 1. The zero-order valence-corrected chi connectivity index (χ0v) is 15.1. The zero-order valence-electron chi connectivity index (χ0n) is 14.2. The third-order valence-electron chi connectivity index (χ3n) is 4.42. The highest BCUT2D eigenvalue weighted by molar-refractivity contribution is 7.97. The van der Waals surface area contributed by atoms with Crippen molar-refractivity contribution in [1.29, 1.82) is 0 Å². The average Bonchev–Trinajstić information content (AvgIpc) is 3.17. The SMILES string of the molecule is CSCc1nn([C@@H]2O[C@H](CO)[C@H]3OC(C)(C)O[C@H]32)c2ncnc(N)c12. The molecule has 0 aliphatic carbocycles. The summed E-state index contributed by atoms with van der Waals surface area (Å²) in [5, 5.41) is 15.1. The van der Waals surface area contributed by atoms with Crippen LogP contribution in [0.5, 0.6) is 0 Å². The quantitative estimate of drug-likeness (QED) is 0.804. The summed E-state index contributed by atoms with van der Waals surface area (Å²) in [6.45, 7) is 3.53. The summed E-state index contributed by atoms with van der Waals surface area (Å²) in [6.07, 6.45) is 1.59. The van der Waals surface area contributed by atoms with Crippen LogP contribution in [0.1, 0.15) is 25.8 Å². The van der Waals surface area contributed by atoms with E-state index in [1.807, 2.05) is 20.1 Å². The van der Waals surface area contributed by atoms with Gasteiger partial charge in [-0.2, -0.15) is 16.9 Å². The van der Waals surface area contributed by atoms with Crippen molar-refractivity contribution in [2.24, 2.45) is 0 Å². The van der Waals surface area contributed by atoms with Gasteiger partial charge in [0, 0.05) is 5.75 Å². The van der Waals surface area contributed by atoms with Crippen LogP contribution >= 0.6 is 11.8 Å². The number of aliphatic hydroxyl groups is 1. The third-order valence-corrected chi connectivity index (χ3v) is 4.98. The fourth-order valence-corrected chi connectivity index (χ4v) is 3.96. The standard InChI is InChI=1S/C15H21N5O4S/c1-15(2)23-10-8(4-21)22-14(11(10)24-15)20-13-9(7(19-20)5-25-3)12(16)17-6-18-13/h6,8,10-11,14,21H,4-5H2,1-3H3,(H2,16,17,18)/t8-,10-,11-,14-/m1/s1. The van der Waals surface area contributed by atoms with Gasteiger partial charge >= 0.3 is 0 Å². The molecule has 10 heteroatoms. The number of hydrogen-bond acceptors (Lipinski definition) is 9. The highest BCUT2D eigenvalue weighted by atomic mass is 32.2. The molecule has 0 spiro atoms. The molecule has 3 N–H and O–H groups in total. The number of aliphatic hydroxyl groups excluding tert-OH is 1. The predicted octanol–water partition coefficient (Wildman–Crippen LogP) is 0.681. The van der Waals surface area contributed by atoms with E-state index in [9.17, 15) is 5.11 Å². The highest BCUT2D eigenvalue weighted by Crippen LogP contribution is 2.43. The van der Waals surface area contributed by atoms with E-state index >= 15 is 0 Å². The summed E-state index contributed by atoms with van der Waals surface area (Å²) in [5.41, 5.74) is 7.44. The number of rotatable bonds is 4. The second-order valence-electron chi connectivity index (χ2n) is 6.59. The highest BCUT2D eigenvalue weighted by Gasteiger charge is 2.56. The van der Waals surface area contributed by atoms with Crippen molar-refractivity contribution in [2.75, 3.05) is 18.6 Å². The van der Waals surface area contributed by atoms with Gasteiger partial charge in [0.15, 0.2) is 17.7 Å². The lowest BCUT2D eigenvalue weighted by atomic mass is 10.1. The number of aromatic nitrogens is 4. The van der Waals surface area contributed by atoms with Gasteiger partial charge in [-0.15, -0.1) is 0 Å². The van der Waals surface area contributed by atoms with E-state index in [1.165, 1.54) is 6.33 Å². The summed E-state index contributed by atoms with van der Waals surface area (Å²) in [7, 11) is 0. The van der Waals surface area contributed by atoms with Gasteiger partial charge in [0.05, 0.1) is 17.7 Å². The summed E-state index contributed by atoms with van der Waals surface area (Å²) in [5.74, 6) is 0.315. The molecule has 2 aromatic heterocycles. The van der Waals surface area contributed by atoms with Gasteiger partial charge in [-0.3, -0.25) is 0 Å². The summed E-state index contributed by atoms with van der Waals surface area (Å²) in [6, 6.07) is 0. The van der Waals surface area contributed by atoms with Crippen LogP contribution < -0.4 is 5.73 Å². The van der Waals surface area contributed by atoms with E-state index in [-0.39, 0.29) is 12.7 Å². The van der Waals surface area contributed by atoms with E-state index in [0.717, 1.165) is 11.1 Å². The summed E-state index contributed by atoms with van der Waals surface area (Å²) in [4.78, 5) is 8.43.